The number of likely N-dealkylation sites (N-methyl/N-ethyl adjacent to an activating group) is 1. The van der Waals surface area contributed by atoms with E-state index in [-0.39, 0.29) is 29.5 Å². The van der Waals surface area contributed by atoms with Crippen LogP contribution in [0.1, 0.15) is 27.7 Å². The predicted octanol–water partition coefficient (Wildman–Crippen LogP) is 1.19. The number of nitrogens with zero attached hydrogens (tertiary/aromatic N) is 3. The van der Waals surface area contributed by atoms with Gasteiger partial charge in [-0.15, -0.1) is 24.0 Å². The van der Waals surface area contributed by atoms with Gasteiger partial charge in [-0.2, -0.15) is 0 Å². The standard InChI is InChI=1S/C14H31N5.HI/c1-12(10-16-13(15)17-14(2,3)4)11-19-8-6-18(5)7-9-19;/h12H,6-11H2,1-5H3,(H3,15,16,17);1H. The molecule has 1 heterocycles. The van der Waals surface area contributed by atoms with Gasteiger partial charge in [-0.25, -0.2) is 0 Å². The summed E-state index contributed by atoms with van der Waals surface area (Å²) in [6.07, 6.45) is 0. The predicted molar refractivity (Wildman–Crippen MR) is 97.9 cm³/mol. The fourth-order valence-electron chi connectivity index (χ4n) is 2.21. The summed E-state index contributed by atoms with van der Waals surface area (Å²) in [7, 11) is 2.18. The van der Waals surface area contributed by atoms with Crippen molar-refractivity contribution in [2.24, 2.45) is 16.6 Å². The lowest BCUT2D eigenvalue weighted by Gasteiger charge is -2.33. The van der Waals surface area contributed by atoms with E-state index in [4.69, 9.17) is 5.73 Å². The summed E-state index contributed by atoms with van der Waals surface area (Å²) in [5.74, 6) is 1.10. The third-order valence-electron chi connectivity index (χ3n) is 3.24. The smallest absolute Gasteiger partial charge is 0.188 e. The molecule has 1 saturated heterocycles. The zero-order valence-electron chi connectivity index (χ0n) is 13.6. The zero-order valence-corrected chi connectivity index (χ0v) is 16.0. The molecule has 5 nitrogen and oxygen atoms in total. The van der Waals surface area contributed by atoms with Crippen LogP contribution >= 0.6 is 24.0 Å². The summed E-state index contributed by atoms with van der Waals surface area (Å²) in [5, 5.41) is 3.19. The van der Waals surface area contributed by atoms with Gasteiger partial charge < -0.3 is 20.9 Å². The largest absolute Gasteiger partial charge is 0.370 e. The SMILES string of the molecule is CC(CN=C(N)NC(C)(C)C)CN1CCN(C)CC1.I. The van der Waals surface area contributed by atoms with Crippen molar-refractivity contribution in [1.29, 1.82) is 0 Å². The highest BCUT2D eigenvalue weighted by molar-refractivity contribution is 14.0. The number of halogens is 1. The first-order chi connectivity index (χ1) is 8.76. The van der Waals surface area contributed by atoms with Crippen molar-refractivity contribution in [2.45, 2.75) is 33.2 Å². The Bertz CT molecular complexity index is 292. The second kappa shape index (κ2) is 9.04. The van der Waals surface area contributed by atoms with Gasteiger partial charge in [0, 0.05) is 44.8 Å². The molecule has 0 amide bonds. The molecule has 0 saturated carbocycles. The molecule has 0 radical (unpaired) electrons. The third-order valence-corrected chi connectivity index (χ3v) is 3.24. The number of guanidine groups is 1. The van der Waals surface area contributed by atoms with Gasteiger partial charge in [0.05, 0.1) is 0 Å². The number of hydrogen-bond donors (Lipinski definition) is 2. The molecule has 0 aliphatic carbocycles. The Morgan fingerprint density at radius 2 is 1.80 bits per heavy atom. The minimum absolute atomic E-state index is 0. The highest BCUT2D eigenvalue weighted by Gasteiger charge is 2.16. The molecule has 120 valence electrons. The first-order valence-electron chi connectivity index (χ1n) is 7.25. The van der Waals surface area contributed by atoms with E-state index in [9.17, 15) is 0 Å². The Morgan fingerprint density at radius 1 is 1.25 bits per heavy atom. The first-order valence-corrected chi connectivity index (χ1v) is 7.25. The average molecular weight is 397 g/mol. The van der Waals surface area contributed by atoms with Crippen LogP contribution in [0, 0.1) is 5.92 Å². The van der Waals surface area contributed by atoms with E-state index in [0.717, 1.165) is 13.1 Å². The van der Waals surface area contributed by atoms with Gasteiger partial charge in [0.25, 0.3) is 0 Å². The molecular weight excluding hydrogens is 365 g/mol. The molecule has 0 bridgehead atoms. The van der Waals surface area contributed by atoms with Crippen molar-refractivity contribution in [3.05, 3.63) is 0 Å². The molecule has 6 heteroatoms. The molecule has 1 fully saturated rings. The Kier molecular flexibility index (Phi) is 9.01. The van der Waals surface area contributed by atoms with Gasteiger partial charge in [-0.1, -0.05) is 6.92 Å². The summed E-state index contributed by atoms with van der Waals surface area (Å²) in [4.78, 5) is 9.34. The highest BCUT2D eigenvalue weighted by atomic mass is 127. The Balaban J connectivity index is 0.00000361. The van der Waals surface area contributed by atoms with Crippen LogP contribution < -0.4 is 11.1 Å². The average Bonchev–Trinajstić information content (AvgIpc) is 2.27. The van der Waals surface area contributed by atoms with E-state index in [1.807, 2.05) is 0 Å². The number of nitrogens with one attached hydrogen (secondary N) is 1. The van der Waals surface area contributed by atoms with E-state index in [0.29, 0.717) is 11.9 Å². The molecule has 0 spiro atoms. The molecule has 3 N–H and O–H groups in total. The first kappa shape index (κ1) is 19.9. The van der Waals surface area contributed by atoms with Crippen molar-refractivity contribution in [3.63, 3.8) is 0 Å². The van der Waals surface area contributed by atoms with Crippen LogP contribution in [-0.4, -0.2) is 67.6 Å². The Hall–Kier alpha value is -0.0800. The van der Waals surface area contributed by atoms with Crippen LogP contribution in [0.2, 0.25) is 0 Å². The van der Waals surface area contributed by atoms with E-state index in [2.05, 4.69) is 54.9 Å². The molecule has 20 heavy (non-hydrogen) atoms. The van der Waals surface area contributed by atoms with Crippen molar-refractivity contribution in [3.8, 4) is 0 Å². The van der Waals surface area contributed by atoms with Crippen LogP contribution in [0.5, 0.6) is 0 Å². The van der Waals surface area contributed by atoms with Crippen LogP contribution in [0.25, 0.3) is 0 Å². The maximum absolute atomic E-state index is 5.88. The van der Waals surface area contributed by atoms with Crippen LogP contribution in [0.3, 0.4) is 0 Å². The molecular formula is C14H32IN5. The minimum Gasteiger partial charge on any atom is -0.370 e. The summed E-state index contributed by atoms with van der Waals surface area (Å²) in [5.41, 5.74) is 5.86. The minimum atomic E-state index is -0.0196. The lowest BCUT2D eigenvalue weighted by molar-refractivity contribution is 0.140. The summed E-state index contributed by atoms with van der Waals surface area (Å²) >= 11 is 0. The van der Waals surface area contributed by atoms with E-state index in [1.54, 1.807) is 0 Å². The molecule has 1 aliphatic heterocycles. The van der Waals surface area contributed by atoms with Gasteiger partial charge in [-0.3, -0.25) is 4.99 Å². The van der Waals surface area contributed by atoms with E-state index < -0.39 is 0 Å². The molecule has 0 aromatic rings. The molecule has 1 rings (SSSR count). The van der Waals surface area contributed by atoms with Gasteiger partial charge >= 0.3 is 0 Å². The van der Waals surface area contributed by atoms with Crippen molar-refractivity contribution < 1.29 is 0 Å². The number of aliphatic imine (C=N–C) groups is 1. The van der Waals surface area contributed by atoms with Crippen molar-refractivity contribution in [2.75, 3.05) is 46.3 Å². The molecule has 1 aliphatic rings. The molecule has 1 unspecified atom stereocenters. The summed E-state index contributed by atoms with van der Waals surface area (Å²) in [6.45, 7) is 15.1. The number of hydrogen-bond acceptors (Lipinski definition) is 3. The van der Waals surface area contributed by atoms with Crippen molar-refractivity contribution in [1.82, 2.24) is 15.1 Å². The van der Waals surface area contributed by atoms with Gasteiger partial charge in [0.15, 0.2) is 5.96 Å². The number of rotatable bonds is 4. The fourth-order valence-corrected chi connectivity index (χ4v) is 2.21. The third kappa shape index (κ3) is 8.97. The number of nitrogens with two attached hydrogens (primary N) is 1. The maximum atomic E-state index is 5.88. The second-order valence-corrected chi connectivity index (χ2v) is 6.81. The Labute approximate surface area is 141 Å². The van der Waals surface area contributed by atoms with Crippen LogP contribution in [0.4, 0.5) is 0 Å². The van der Waals surface area contributed by atoms with Crippen molar-refractivity contribution >= 4 is 29.9 Å². The quantitative estimate of drug-likeness (QED) is 0.425. The summed E-state index contributed by atoms with van der Waals surface area (Å²) < 4.78 is 0. The lowest BCUT2D eigenvalue weighted by Crippen LogP contribution is -2.46. The van der Waals surface area contributed by atoms with Crippen LogP contribution in [0.15, 0.2) is 4.99 Å². The van der Waals surface area contributed by atoms with Gasteiger partial charge in [0.2, 0.25) is 0 Å². The molecule has 0 aromatic heterocycles. The topological polar surface area (TPSA) is 56.9 Å². The van der Waals surface area contributed by atoms with E-state index in [1.165, 1.54) is 26.2 Å². The monoisotopic (exact) mass is 397 g/mol. The number of piperazine rings is 1. The van der Waals surface area contributed by atoms with E-state index >= 15 is 0 Å². The zero-order chi connectivity index (χ0) is 14.5. The van der Waals surface area contributed by atoms with Gasteiger partial charge in [0.1, 0.15) is 0 Å². The normalized spacial score (nSPS) is 20.4. The summed E-state index contributed by atoms with van der Waals surface area (Å²) in [6, 6.07) is 0. The lowest BCUT2D eigenvalue weighted by atomic mass is 10.1. The van der Waals surface area contributed by atoms with Gasteiger partial charge in [-0.05, 0) is 33.7 Å². The van der Waals surface area contributed by atoms with Crippen LogP contribution in [-0.2, 0) is 0 Å². The molecule has 0 aromatic carbocycles. The highest BCUT2D eigenvalue weighted by Crippen LogP contribution is 2.05. The maximum Gasteiger partial charge on any atom is 0.188 e. The Morgan fingerprint density at radius 3 is 2.30 bits per heavy atom. The molecule has 1 atom stereocenters. The fraction of sp³-hybridized carbons (Fsp3) is 0.929. The second-order valence-electron chi connectivity index (χ2n) is 6.81.